The number of alkyl carbamates (subject to hydrolysis) is 1. The van der Waals surface area contributed by atoms with Gasteiger partial charge >= 0.3 is 6.09 Å². The number of carbonyl (C=O) groups is 2. The number of carbonyl (C=O) groups excluding carboxylic acids is 2. The van der Waals surface area contributed by atoms with Crippen LogP contribution < -0.4 is 5.32 Å². The van der Waals surface area contributed by atoms with Crippen molar-refractivity contribution in [2.75, 3.05) is 12.4 Å². The standard InChI is InChI=1S/C18H24N4O3S/c1-6-25-17(24)19-14(23)11-26-16-21-20-15(22(16)5)12-7-9-13(10-8-12)18(2,3)4/h7-10H,6,11H2,1-5H3,(H,19,23,24). The Balaban J connectivity index is 2.03. The Morgan fingerprint density at radius 2 is 1.85 bits per heavy atom. The fourth-order valence-electron chi connectivity index (χ4n) is 2.26. The SMILES string of the molecule is CCOC(=O)NC(=O)CSc1nnc(-c2ccc(C(C)(C)C)cc2)n1C. The Bertz CT molecular complexity index is 779. The van der Waals surface area contributed by atoms with E-state index in [4.69, 9.17) is 0 Å². The quantitative estimate of drug-likeness (QED) is 0.807. The average Bonchev–Trinajstić information content (AvgIpc) is 2.93. The Morgan fingerprint density at radius 3 is 2.42 bits per heavy atom. The van der Waals surface area contributed by atoms with Crippen LogP contribution >= 0.6 is 11.8 Å². The van der Waals surface area contributed by atoms with E-state index < -0.39 is 12.0 Å². The largest absolute Gasteiger partial charge is 0.450 e. The van der Waals surface area contributed by atoms with Gasteiger partial charge in [-0.15, -0.1) is 10.2 Å². The minimum atomic E-state index is -0.740. The van der Waals surface area contributed by atoms with E-state index in [-0.39, 0.29) is 17.8 Å². The molecule has 0 aliphatic carbocycles. The molecule has 0 bridgehead atoms. The highest BCUT2D eigenvalue weighted by molar-refractivity contribution is 7.99. The summed E-state index contributed by atoms with van der Waals surface area (Å²) in [5.41, 5.74) is 2.29. The maximum atomic E-state index is 11.7. The summed E-state index contributed by atoms with van der Waals surface area (Å²) in [6.45, 7) is 8.39. The van der Waals surface area contributed by atoms with Crippen LogP contribution in [0.4, 0.5) is 4.79 Å². The van der Waals surface area contributed by atoms with Crippen LogP contribution in [-0.2, 0) is 22.0 Å². The van der Waals surface area contributed by atoms with Crippen LogP contribution in [0.25, 0.3) is 11.4 Å². The fourth-order valence-corrected chi connectivity index (χ4v) is 2.97. The van der Waals surface area contributed by atoms with Crippen molar-refractivity contribution in [1.82, 2.24) is 20.1 Å². The minimum Gasteiger partial charge on any atom is -0.450 e. The van der Waals surface area contributed by atoms with Crippen molar-refractivity contribution in [2.24, 2.45) is 7.05 Å². The third kappa shape index (κ3) is 5.08. The molecule has 140 valence electrons. The molecule has 0 radical (unpaired) electrons. The number of hydrogen-bond acceptors (Lipinski definition) is 6. The zero-order valence-electron chi connectivity index (χ0n) is 15.7. The van der Waals surface area contributed by atoms with E-state index in [1.54, 1.807) is 6.92 Å². The molecule has 0 fully saturated rings. The highest BCUT2D eigenvalue weighted by atomic mass is 32.2. The Kier molecular flexibility index (Phi) is 6.42. The minimum absolute atomic E-state index is 0.0494. The van der Waals surface area contributed by atoms with Crippen LogP contribution in [0.2, 0.25) is 0 Å². The first kappa shape index (κ1) is 20.0. The smallest absolute Gasteiger partial charge is 0.413 e. The van der Waals surface area contributed by atoms with Gasteiger partial charge in [0.25, 0.3) is 0 Å². The second-order valence-electron chi connectivity index (χ2n) is 6.75. The molecular formula is C18H24N4O3S. The van der Waals surface area contributed by atoms with Crippen LogP contribution in [0.15, 0.2) is 29.4 Å². The van der Waals surface area contributed by atoms with Crippen molar-refractivity contribution in [2.45, 2.75) is 38.3 Å². The molecule has 0 aliphatic heterocycles. The second-order valence-corrected chi connectivity index (χ2v) is 7.69. The summed E-state index contributed by atoms with van der Waals surface area (Å²) in [7, 11) is 1.85. The highest BCUT2D eigenvalue weighted by Gasteiger charge is 2.16. The van der Waals surface area contributed by atoms with E-state index in [9.17, 15) is 9.59 Å². The summed E-state index contributed by atoms with van der Waals surface area (Å²) in [5.74, 6) is 0.333. The lowest BCUT2D eigenvalue weighted by atomic mass is 9.87. The normalized spacial score (nSPS) is 11.3. The molecule has 1 N–H and O–H groups in total. The zero-order valence-corrected chi connectivity index (χ0v) is 16.5. The maximum Gasteiger partial charge on any atom is 0.413 e. The van der Waals surface area contributed by atoms with Crippen molar-refractivity contribution in [3.05, 3.63) is 29.8 Å². The summed E-state index contributed by atoms with van der Waals surface area (Å²) < 4.78 is 6.50. The summed E-state index contributed by atoms with van der Waals surface area (Å²) in [6, 6.07) is 8.21. The van der Waals surface area contributed by atoms with Gasteiger partial charge in [-0.3, -0.25) is 10.1 Å². The molecule has 1 aromatic carbocycles. The van der Waals surface area contributed by atoms with Gasteiger partial charge in [-0.2, -0.15) is 0 Å². The number of nitrogens with zero attached hydrogens (tertiary/aromatic N) is 3. The van der Waals surface area contributed by atoms with Crippen molar-refractivity contribution < 1.29 is 14.3 Å². The van der Waals surface area contributed by atoms with Crippen LogP contribution in [0.1, 0.15) is 33.3 Å². The van der Waals surface area contributed by atoms with E-state index in [1.165, 1.54) is 17.3 Å². The summed E-state index contributed by atoms with van der Waals surface area (Å²) in [5, 5.41) is 11.1. The molecule has 1 aromatic heterocycles. The monoisotopic (exact) mass is 376 g/mol. The van der Waals surface area contributed by atoms with Gasteiger partial charge in [0.2, 0.25) is 5.91 Å². The Hall–Kier alpha value is -2.35. The van der Waals surface area contributed by atoms with Gasteiger partial charge < -0.3 is 9.30 Å². The molecule has 0 unspecified atom stereocenters. The number of thioether (sulfide) groups is 1. The molecule has 0 aliphatic rings. The molecule has 0 spiro atoms. The van der Waals surface area contributed by atoms with Crippen LogP contribution in [0.5, 0.6) is 0 Å². The number of imide groups is 1. The molecule has 7 nitrogen and oxygen atoms in total. The van der Waals surface area contributed by atoms with E-state index in [1.807, 2.05) is 23.7 Å². The van der Waals surface area contributed by atoms with E-state index >= 15 is 0 Å². The molecule has 2 amide bonds. The topological polar surface area (TPSA) is 86.1 Å². The third-order valence-corrected chi connectivity index (χ3v) is 4.71. The molecule has 2 aromatic rings. The molecule has 1 heterocycles. The lowest BCUT2D eigenvalue weighted by molar-refractivity contribution is -0.117. The number of ether oxygens (including phenoxy) is 1. The van der Waals surface area contributed by atoms with E-state index in [2.05, 4.69) is 53.2 Å². The molecule has 0 saturated carbocycles. The van der Waals surface area contributed by atoms with Gasteiger partial charge in [0.1, 0.15) is 0 Å². The molecule has 26 heavy (non-hydrogen) atoms. The molecule has 0 saturated heterocycles. The first-order valence-corrected chi connectivity index (χ1v) is 9.30. The fraction of sp³-hybridized carbons (Fsp3) is 0.444. The lowest BCUT2D eigenvalue weighted by Gasteiger charge is -2.19. The predicted octanol–water partition coefficient (Wildman–Crippen LogP) is 3.14. The van der Waals surface area contributed by atoms with Gasteiger partial charge in [0, 0.05) is 12.6 Å². The Morgan fingerprint density at radius 1 is 1.19 bits per heavy atom. The number of rotatable bonds is 5. The molecular weight excluding hydrogens is 352 g/mol. The number of benzene rings is 1. The predicted molar refractivity (Wildman–Crippen MR) is 101 cm³/mol. The van der Waals surface area contributed by atoms with E-state index in [0.717, 1.165) is 11.4 Å². The van der Waals surface area contributed by atoms with Crippen molar-refractivity contribution in [3.63, 3.8) is 0 Å². The van der Waals surface area contributed by atoms with Gasteiger partial charge in [-0.25, -0.2) is 4.79 Å². The maximum absolute atomic E-state index is 11.7. The molecule has 0 atom stereocenters. The number of amides is 2. The summed E-state index contributed by atoms with van der Waals surface area (Å²) in [4.78, 5) is 23.0. The van der Waals surface area contributed by atoms with E-state index in [0.29, 0.717) is 5.16 Å². The zero-order chi connectivity index (χ0) is 19.3. The van der Waals surface area contributed by atoms with Crippen LogP contribution in [-0.4, -0.2) is 39.1 Å². The van der Waals surface area contributed by atoms with Gasteiger partial charge in [-0.1, -0.05) is 56.8 Å². The lowest BCUT2D eigenvalue weighted by Crippen LogP contribution is -2.32. The average molecular weight is 376 g/mol. The van der Waals surface area contributed by atoms with Gasteiger partial charge in [0.05, 0.1) is 12.4 Å². The number of nitrogens with one attached hydrogen (secondary N) is 1. The van der Waals surface area contributed by atoms with Gasteiger partial charge in [0.15, 0.2) is 11.0 Å². The summed E-state index contributed by atoms with van der Waals surface area (Å²) >= 11 is 1.21. The number of aromatic nitrogens is 3. The number of hydrogen-bond donors (Lipinski definition) is 1. The summed E-state index contributed by atoms with van der Waals surface area (Å²) in [6.07, 6.45) is -0.740. The van der Waals surface area contributed by atoms with Gasteiger partial charge in [-0.05, 0) is 17.9 Å². The molecule has 2 rings (SSSR count). The van der Waals surface area contributed by atoms with Crippen molar-refractivity contribution in [3.8, 4) is 11.4 Å². The van der Waals surface area contributed by atoms with Crippen molar-refractivity contribution >= 4 is 23.8 Å². The highest BCUT2D eigenvalue weighted by Crippen LogP contribution is 2.26. The first-order chi connectivity index (χ1) is 12.2. The molecule has 8 heteroatoms. The second kappa shape index (κ2) is 8.35. The van der Waals surface area contributed by atoms with Crippen LogP contribution in [0.3, 0.4) is 0 Å². The first-order valence-electron chi connectivity index (χ1n) is 8.32. The Labute approximate surface area is 157 Å². The van der Waals surface area contributed by atoms with Crippen LogP contribution in [0, 0.1) is 0 Å². The van der Waals surface area contributed by atoms with Crippen molar-refractivity contribution in [1.29, 1.82) is 0 Å². The third-order valence-electron chi connectivity index (χ3n) is 3.69.